The summed E-state index contributed by atoms with van der Waals surface area (Å²) in [7, 11) is 0. The number of para-hydroxylation sites is 2. The van der Waals surface area contributed by atoms with Crippen molar-refractivity contribution in [2.24, 2.45) is 0 Å². The largest absolute Gasteiger partial charge is 0.492 e. The van der Waals surface area contributed by atoms with Crippen molar-refractivity contribution in [2.75, 3.05) is 13.2 Å². The van der Waals surface area contributed by atoms with E-state index in [1.54, 1.807) is 12.1 Å². The third-order valence-corrected chi connectivity index (χ3v) is 5.29. The van der Waals surface area contributed by atoms with Crippen LogP contribution in [0.3, 0.4) is 0 Å². The molecule has 0 aliphatic rings. The Hall–Kier alpha value is -3.67. The third kappa shape index (κ3) is 5.14. The van der Waals surface area contributed by atoms with Crippen LogP contribution in [0, 0.1) is 12.7 Å². The van der Waals surface area contributed by atoms with Gasteiger partial charge in [0.15, 0.2) is 0 Å². The van der Waals surface area contributed by atoms with Crippen molar-refractivity contribution in [3.8, 4) is 5.75 Å². The topological polar surface area (TPSA) is 56.1 Å². The smallest absolute Gasteiger partial charge is 0.254 e. The Morgan fingerprint density at radius 2 is 1.88 bits per heavy atom. The molecule has 3 aromatic carbocycles. The summed E-state index contributed by atoms with van der Waals surface area (Å²) in [6.07, 6.45) is 1.39. The molecule has 0 spiro atoms. The second-order valence-corrected chi connectivity index (χ2v) is 7.67. The van der Waals surface area contributed by atoms with Crippen molar-refractivity contribution in [2.45, 2.75) is 26.3 Å². The van der Waals surface area contributed by atoms with E-state index in [0.29, 0.717) is 32.5 Å². The highest BCUT2D eigenvalue weighted by molar-refractivity contribution is 5.94. The molecule has 1 amide bonds. The molecule has 1 heterocycles. The van der Waals surface area contributed by atoms with Crippen molar-refractivity contribution < 1.29 is 13.9 Å². The predicted octanol–water partition coefficient (Wildman–Crippen LogP) is 4.93. The standard InChI is InChI=1S/C26H26FN3O2/c1-19-8-6-9-20(18-19)32-17-16-30-24-13-5-4-12-23(24)29-25(30)14-7-15-28-26(31)21-10-2-3-11-22(21)27/h2-6,8-13,18H,7,14-17H2,1H3,(H,28,31). The molecule has 5 nitrogen and oxygen atoms in total. The number of aryl methyl sites for hydroxylation is 2. The Balaban J connectivity index is 1.37. The number of aromatic nitrogens is 2. The maximum Gasteiger partial charge on any atom is 0.254 e. The van der Waals surface area contributed by atoms with E-state index >= 15 is 0 Å². The van der Waals surface area contributed by atoms with Crippen LogP contribution in [0.1, 0.15) is 28.2 Å². The fourth-order valence-electron chi connectivity index (χ4n) is 3.71. The molecule has 164 valence electrons. The minimum atomic E-state index is -0.514. The minimum absolute atomic E-state index is 0.0630. The molecule has 0 saturated carbocycles. The van der Waals surface area contributed by atoms with E-state index in [1.165, 1.54) is 12.1 Å². The van der Waals surface area contributed by atoms with E-state index in [0.717, 1.165) is 28.2 Å². The van der Waals surface area contributed by atoms with Gasteiger partial charge in [0.1, 0.15) is 24.0 Å². The SMILES string of the molecule is Cc1cccc(OCCn2c(CCCNC(=O)c3ccccc3F)nc3ccccc32)c1. The highest BCUT2D eigenvalue weighted by atomic mass is 19.1. The summed E-state index contributed by atoms with van der Waals surface area (Å²) in [6, 6.07) is 22.0. The van der Waals surface area contributed by atoms with Crippen LogP contribution in [0.15, 0.2) is 72.8 Å². The number of fused-ring (bicyclic) bond motifs is 1. The molecular formula is C26H26FN3O2. The van der Waals surface area contributed by atoms with Gasteiger partial charge in [0.2, 0.25) is 0 Å². The number of hydrogen-bond donors (Lipinski definition) is 1. The van der Waals surface area contributed by atoms with Crippen LogP contribution in [-0.2, 0) is 13.0 Å². The predicted molar refractivity (Wildman–Crippen MR) is 123 cm³/mol. The molecule has 1 aromatic heterocycles. The molecule has 1 N–H and O–H groups in total. The van der Waals surface area contributed by atoms with E-state index in [1.807, 2.05) is 49.4 Å². The van der Waals surface area contributed by atoms with Crippen LogP contribution >= 0.6 is 0 Å². The lowest BCUT2D eigenvalue weighted by Gasteiger charge is -2.11. The highest BCUT2D eigenvalue weighted by Gasteiger charge is 2.12. The first-order chi connectivity index (χ1) is 15.6. The number of benzene rings is 3. The van der Waals surface area contributed by atoms with Gasteiger partial charge in [-0.2, -0.15) is 0 Å². The number of rotatable bonds is 9. The summed E-state index contributed by atoms with van der Waals surface area (Å²) in [5.41, 5.74) is 3.22. The summed E-state index contributed by atoms with van der Waals surface area (Å²) in [4.78, 5) is 17.0. The van der Waals surface area contributed by atoms with Gasteiger partial charge in [-0.25, -0.2) is 9.37 Å². The van der Waals surface area contributed by atoms with Crippen molar-refractivity contribution >= 4 is 16.9 Å². The van der Waals surface area contributed by atoms with E-state index in [2.05, 4.69) is 16.0 Å². The number of carbonyl (C=O) groups is 1. The first-order valence-electron chi connectivity index (χ1n) is 10.8. The number of ether oxygens (including phenoxy) is 1. The molecule has 0 atom stereocenters. The number of nitrogens with one attached hydrogen (secondary N) is 1. The Morgan fingerprint density at radius 3 is 2.72 bits per heavy atom. The molecule has 0 unspecified atom stereocenters. The van der Waals surface area contributed by atoms with Gasteiger partial charge in [0.05, 0.1) is 23.1 Å². The average molecular weight is 432 g/mol. The fraction of sp³-hybridized carbons (Fsp3) is 0.231. The molecule has 0 saturated heterocycles. The van der Waals surface area contributed by atoms with Crippen LogP contribution in [0.2, 0.25) is 0 Å². The zero-order valence-electron chi connectivity index (χ0n) is 18.1. The molecule has 6 heteroatoms. The monoisotopic (exact) mass is 431 g/mol. The molecular weight excluding hydrogens is 405 g/mol. The highest BCUT2D eigenvalue weighted by Crippen LogP contribution is 2.18. The quantitative estimate of drug-likeness (QED) is 0.383. The summed E-state index contributed by atoms with van der Waals surface area (Å²) in [5, 5.41) is 2.79. The second-order valence-electron chi connectivity index (χ2n) is 7.67. The molecule has 0 radical (unpaired) electrons. The molecule has 32 heavy (non-hydrogen) atoms. The summed E-state index contributed by atoms with van der Waals surface area (Å²) in [5.74, 6) is 0.884. The van der Waals surface area contributed by atoms with Crippen LogP contribution < -0.4 is 10.1 Å². The van der Waals surface area contributed by atoms with Gasteiger partial charge >= 0.3 is 0 Å². The van der Waals surface area contributed by atoms with Gasteiger partial charge in [-0.05, 0) is 55.3 Å². The lowest BCUT2D eigenvalue weighted by atomic mass is 10.2. The number of nitrogens with zero attached hydrogens (tertiary/aromatic N) is 2. The lowest BCUT2D eigenvalue weighted by Crippen LogP contribution is -2.26. The van der Waals surface area contributed by atoms with Crippen LogP contribution in [-0.4, -0.2) is 28.6 Å². The van der Waals surface area contributed by atoms with Crippen molar-refractivity contribution in [1.82, 2.24) is 14.9 Å². The van der Waals surface area contributed by atoms with E-state index in [4.69, 9.17) is 9.72 Å². The molecule has 0 fully saturated rings. The summed E-state index contributed by atoms with van der Waals surface area (Å²) < 4.78 is 21.9. The molecule has 0 aliphatic carbocycles. The third-order valence-electron chi connectivity index (χ3n) is 5.29. The van der Waals surface area contributed by atoms with Crippen molar-refractivity contribution in [3.05, 3.63) is 95.6 Å². The number of hydrogen-bond acceptors (Lipinski definition) is 3. The van der Waals surface area contributed by atoms with Gasteiger partial charge < -0.3 is 14.6 Å². The maximum atomic E-state index is 13.8. The lowest BCUT2D eigenvalue weighted by molar-refractivity contribution is 0.0949. The van der Waals surface area contributed by atoms with Crippen molar-refractivity contribution in [1.29, 1.82) is 0 Å². The van der Waals surface area contributed by atoms with Gasteiger partial charge in [-0.15, -0.1) is 0 Å². The number of halogens is 1. The van der Waals surface area contributed by atoms with Crippen LogP contribution in [0.25, 0.3) is 11.0 Å². The first kappa shape index (κ1) is 21.6. The minimum Gasteiger partial charge on any atom is -0.492 e. The summed E-state index contributed by atoms with van der Waals surface area (Å²) >= 11 is 0. The molecule has 0 bridgehead atoms. The summed E-state index contributed by atoms with van der Waals surface area (Å²) in [6.45, 7) is 3.68. The zero-order valence-corrected chi connectivity index (χ0v) is 18.1. The molecule has 0 aliphatic heterocycles. The number of amides is 1. The Kier molecular flexibility index (Phi) is 6.80. The van der Waals surface area contributed by atoms with E-state index < -0.39 is 11.7 Å². The molecule has 4 rings (SSSR count). The second kappa shape index (κ2) is 10.1. The van der Waals surface area contributed by atoms with Crippen molar-refractivity contribution in [3.63, 3.8) is 0 Å². The van der Waals surface area contributed by atoms with Gasteiger partial charge in [-0.3, -0.25) is 4.79 Å². The van der Waals surface area contributed by atoms with Crippen LogP contribution in [0.5, 0.6) is 5.75 Å². The first-order valence-corrected chi connectivity index (χ1v) is 10.8. The van der Waals surface area contributed by atoms with Crippen LogP contribution in [0.4, 0.5) is 4.39 Å². The number of imidazole rings is 1. The fourth-order valence-corrected chi connectivity index (χ4v) is 3.71. The van der Waals surface area contributed by atoms with Gasteiger partial charge in [0.25, 0.3) is 5.91 Å². The zero-order chi connectivity index (χ0) is 22.3. The Morgan fingerprint density at radius 1 is 1.06 bits per heavy atom. The average Bonchev–Trinajstić information content (AvgIpc) is 3.14. The molecule has 4 aromatic rings. The maximum absolute atomic E-state index is 13.8. The van der Waals surface area contributed by atoms with E-state index in [9.17, 15) is 9.18 Å². The normalized spacial score (nSPS) is 10.9. The van der Waals surface area contributed by atoms with Gasteiger partial charge in [-0.1, -0.05) is 36.4 Å². The Labute approximate surface area is 186 Å². The van der Waals surface area contributed by atoms with E-state index in [-0.39, 0.29) is 5.56 Å². The van der Waals surface area contributed by atoms with Gasteiger partial charge in [0, 0.05) is 13.0 Å². The number of carbonyl (C=O) groups excluding carboxylic acids is 1. The Bertz CT molecular complexity index is 1220.